The van der Waals surface area contributed by atoms with Gasteiger partial charge in [0.2, 0.25) is 5.91 Å². The Hall–Kier alpha value is -2.57. The third-order valence-corrected chi connectivity index (χ3v) is 5.14. The Morgan fingerprint density at radius 2 is 1.50 bits per heavy atom. The average molecular weight is 420 g/mol. The Kier molecular flexibility index (Phi) is 6.21. The first-order chi connectivity index (χ1) is 13.3. The van der Waals surface area contributed by atoms with Crippen molar-refractivity contribution in [3.05, 3.63) is 63.6 Å². The molecule has 28 heavy (non-hydrogen) atoms. The summed E-state index contributed by atoms with van der Waals surface area (Å²) in [6, 6.07) is 11.2. The molecule has 8 heteroatoms. The van der Waals surface area contributed by atoms with Gasteiger partial charge in [-0.3, -0.25) is 14.4 Å². The van der Waals surface area contributed by atoms with E-state index in [-0.39, 0.29) is 23.6 Å². The van der Waals surface area contributed by atoms with Crippen LogP contribution in [-0.2, 0) is 4.79 Å². The lowest BCUT2D eigenvalue weighted by Gasteiger charge is -2.30. The van der Waals surface area contributed by atoms with Gasteiger partial charge in [-0.15, -0.1) is 0 Å². The number of hydrogen-bond acceptors (Lipinski definition) is 3. The van der Waals surface area contributed by atoms with Crippen molar-refractivity contribution in [2.75, 3.05) is 18.4 Å². The Labute approximate surface area is 172 Å². The molecule has 0 aromatic heterocycles. The molecule has 2 aromatic carbocycles. The molecule has 0 radical (unpaired) electrons. The second kappa shape index (κ2) is 8.63. The molecule has 6 nitrogen and oxygen atoms in total. The van der Waals surface area contributed by atoms with Crippen molar-refractivity contribution >= 4 is 46.6 Å². The van der Waals surface area contributed by atoms with Crippen LogP contribution in [0.5, 0.6) is 0 Å². The van der Waals surface area contributed by atoms with E-state index in [2.05, 4.69) is 5.32 Å². The molecular weight excluding hydrogens is 401 g/mol. The minimum absolute atomic E-state index is 0.109. The maximum absolute atomic E-state index is 12.6. The molecule has 3 rings (SSSR count). The Morgan fingerprint density at radius 1 is 0.929 bits per heavy atom. The van der Waals surface area contributed by atoms with Crippen LogP contribution in [0.2, 0.25) is 10.0 Å². The smallest absolute Gasteiger partial charge is 0.255 e. The number of piperidine rings is 1. The second-order valence-corrected chi connectivity index (χ2v) is 7.53. The molecule has 0 saturated carbocycles. The Bertz CT molecular complexity index is 887. The van der Waals surface area contributed by atoms with Crippen LogP contribution in [0.4, 0.5) is 5.69 Å². The molecule has 0 atom stereocenters. The molecule has 1 saturated heterocycles. The van der Waals surface area contributed by atoms with Gasteiger partial charge in [-0.1, -0.05) is 23.2 Å². The molecule has 3 amide bonds. The highest BCUT2D eigenvalue weighted by atomic mass is 35.5. The van der Waals surface area contributed by atoms with Gasteiger partial charge in [0, 0.05) is 45.9 Å². The summed E-state index contributed by atoms with van der Waals surface area (Å²) in [5.41, 5.74) is 6.73. The zero-order chi connectivity index (χ0) is 20.3. The third kappa shape index (κ3) is 4.82. The summed E-state index contributed by atoms with van der Waals surface area (Å²) < 4.78 is 0. The predicted molar refractivity (Wildman–Crippen MR) is 109 cm³/mol. The van der Waals surface area contributed by atoms with Crippen molar-refractivity contribution in [2.24, 2.45) is 11.7 Å². The largest absolute Gasteiger partial charge is 0.369 e. The lowest BCUT2D eigenvalue weighted by Crippen LogP contribution is -2.41. The fourth-order valence-electron chi connectivity index (χ4n) is 3.13. The lowest BCUT2D eigenvalue weighted by molar-refractivity contribution is -0.123. The number of primary amides is 1. The second-order valence-electron chi connectivity index (χ2n) is 6.66. The zero-order valence-corrected chi connectivity index (χ0v) is 16.5. The summed E-state index contributed by atoms with van der Waals surface area (Å²) >= 11 is 11.8. The fourth-order valence-corrected chi connectivity index (χ4v) is 3.66. The number of nitrogens with two attached hydrogens (primary N) is 1. The van der Waals surface area contributed by atoms with Crippen LogP contribution >= 0.6 is 23.2 Å². The molecule has 1 aliphatic rings. The van der Waals surface area contributed by atoms with E-state index >= 15 is 0 Å². The number of rotatable bonds is 4. The first kappa shape index (κ1) is 20.2. The Balaban J connectivity index is 1.62. The quantitative estimate of drug-likeness (QED) is 0.792. The van der Waals surface area contributed by atoms with Crippen LogP contribution < -0.4 is 11.1 Å². The molecule has 3 N–H and O–H groups in total. The number of nitrogens with zero attached hydrogens (tertiary/aromatic N) is 1. The van der Waals surface area contributed by atoms with Crippen molar-refractivity contribution in [1.29, 1.82) is 0 Å². The predicted octanol–water partition coefficient (Wildman–Crippen LogP) is 3.58. The van der Waals surface area contributed by atoms with E-state index < -0.39 is 0 Å². The number of nitrogens with one attached hydrogen (secondary N) is 1. The molecule has 1 heterocycles. The minimum atomic E-state index is -0.350. The molecule has 1 fully saturated rings. The summed E-state index contributed by atoms with van der Waals surface area (Å²) in [4.78, 5) is 37.9. The van der Waals surface area contributed by atoms with Gasteiger partial charge < -0.3 is 16.0 Å². The van der Waals surface area contributed by atoms with Crippen LogP contribution in [0.3, 0.4) is 0 Å². The number of anilines is 1. The highest BCUT2D eigenvalue weighted by Crippen LogP contribution is 2.22. The van der Waals surface area contributed by atoms with E-state index in [1.807, 2.05) is 0 Å². The maximum Gasteiger partial charge on any atom is 0.255 e. The van der Waals surface area contributed by atoms with Crippen molar-refractivity contribution in [3.8, 4) is 0 Å². The molecule has 0 aliphatic carbocycles. The monoisotopic (exact) mass is 419 g/mol. The van der Waals surface area contributed by atoms with E-state index in [9.17, 15) is 14.4 Å². The normalized spacial score (nSPS) is 14.6. The summed E-state index contributed by atoms with van der Waals surface area (Å²) in [6.07, 6.45) is 1.16. The molecule has 0 bridgehead atoms. The number of likely N-dealkylation sites (tertiary alicyclic amines) is 1. The number of amides is 3. The topological polar surface area (TPSA) is 92.5 Å². The first-order valence-electron chi connectivity index (χ1n) is 8.79. The Morgan fingerprint density at radius 3 is 2.04 bits per heavy atom. The summed E-state index contributed by atoms with van der Waals surface area (Å²) in [6.45, 7) is 1.00. The van der Waals surface area contributed by atoms with E-state index in [0.717, 1.165) is 0 Å². The minimum Gasteiger partial charge on any atom is -0.369 e. The number of halogens is 2. The van der Waals surface area contributed by atoms with Crippen LogP contribution in [0.1, 0.15) is 33.6 Å². The fraction of sp³-hybridized carbons (Fsp3) is 0.250. The highest BCUT2D eigenvalue weighted by molar-refractivity contribution is 6.35. The zero-order valence-electron chi connectivity index (χ0n) is 15.0. The van der Waals surface area contributed by atoms with Gasteiger partial charge in [0.15, 0.2) is 0 Å². The summed E-state index contributed by atoms with van der Waals surface area (Å²) in [5.74, 6) is -0.936. The number of carbonyl (C=O) groups excluding carboxylic acids is 3. The third-order valence-electron chi connectivity index (χ3n) is 4.70. The summed E-state index contributed by atoms with van der Waals surface area (Å²) in [7, 11) is 0. The number of carbonyl (C=O) groups is 3. The first-order valence-corrected chi connectivity index (χ1v) is 9.55. The van der Waals surface area contributed by atoms with E-state index in [4.69, 9.17) is 28.9 Å². The highest BCUT2D eigenvalue weighted by Gasteiger charge is 2.26. The van der Waals surface area contributed by atoms with Crippen molar-refractivity contribution in [3.63, 3.8) is 0 Å². The molecule has 2 aromatic rings. The van der Waals surface area contributed by atoms with Crippen molar-refractivity contribution < 1.29 is 14.4 Å². The molecular formula is C20H19Cl2N3O3. The lowest BCUT2D eigenvalue weighted by atomic mass is 9.96. The maximum atomic E-state index is 12.6. The van der Waals surface area contributed by atoms with Gasteiger partial charge in [0.05, 0.1) is 0 Å². The van der Waals surface area contributed by atoms with Gasteiger partial charge in [0.1, 0.15) is 0 Å². The van der Waals surface area contributed by atoms with E-state index in [0.29, 0.717) is 52.8 Å². The SMILES string of the molecule is NC(=O)C1CCN(C(=O)c2ccc(NC(=O)c3cc(Cl)cc(Cl)c3)cc2)CC1. The van der Waals surface area contributed by atoms with Gasteiger partial charge in [-0.25, -0.2) is 0 Å². The van der Waals surface area contributed by atoms with Crippen LogP contribution in [-0.4, -0.2) is 35.7 Å². The standard InChI is InChI=1S/C20H19Cl2N3O3/c21-15-9-14(10-16(22)11-15)19(27)24-17-3-1-13(2-4-17)20(28)25-7-5-12(6-8-25)18(23)26/h1-4,9-12H,5-8H2,(H2,23,26)(H,24,27). The average Bonchev–Trinajstić information content (AvgIpc) is 2.67. The van der Waals surface area contributed by atoms with Crippen molar-refractivity contribution in [1.82, 2.24) is 4.90 Å². The van der Waals surface area contributed by atoms with Gasteiger partial charge in [0.25, 0.3) is 11.8 Å². The van der Waals surface area contributed by atoms with E-state index in [1.165, 1.54) is 12.1 Å². The molecule has 1 aliphatic heterocycles. The van der Waals surface area contributed by atoms with Crippen LogP contribution in [0, 0.1) is 5.92 Å². The molecule has 146 valence electrons. The van der Waals surface area contributed by atoms with Gasteiger partial charge >= 0.3 is 0 Å². The number of hydrogen-bond donors (Lipinski definition) is 2. The van der Waals surface area contributed by atoms with E-state index in [1.54, 1.807) is 35.2 Å². The van der Waals surface area contributed by atoms with Gasteiger partial charge in [-0.2, -0.15) is 0 Å². The molecule has 0 unspecified atom stereocenters. The van der Waals surface area contributed by atoms with Crippen LogP contribution in [0.15, 0.2) is 42.5 Å². The van der Waals surface area contributed by atoms with Crippen molar-refractivity contribution in [2.45, 2.75) is 12.8 Å². The van der Waals surface area contributed by atoms with Gasteiger partial charge in [-0.05, 0) is 55.3 Å². The molecule has 0 spiro atoms. The summed E-state index contributed by atoms with van der Waals surface area (Å²) in [5, 5.41) is 3.49. The van der Waals surface area contributed by atoms with Crippen LogP contribution in [0.25, 0.3) is 0 Å². The number of benzene rings is 2.